The normalized spacial score (nSPS) is 18.6. The van der Waals surface area contributed by atoms with Crippen molar-refractivity contribution in [3.05, 3.63) is 36.2 Å². The van der Waals surface area contributed by atoms with Gasteiger partial charge in [0.25, 0.3) is 0 Å². The first-order valence-corrected chi connectivity index (χ1v) is 8.77. The van der Waals surface area contributed by atoms with Gasteiger partial charge in [0.05, 0.1) is 18.0 Å². The van der Waals surface area contributed by atoms with E-state index < -0.39 is 0 Å². The lowest BCUT2D eigenvalue weighted by Crippen LogP contribution is -2.36. The molecule has 2 aromatic heterocycles. The molecule has 0 atom stereocenters. The third kappa shape index (κ3) is 3.47. The second kappa shape index (κ2) is 6.71. The van der Waals surface area contributed by atoms with E-state index in [0.29, 0.717) is 11.8 Å². The van der Waals surface area contributed by atoms with Crippen molar-refractivity contribution in [3.8, 4) is 5.88 Å². The van der Waals surface area contributed by atoms with Crippen LogP contribution in [0.5, 0.6) is 5.88 Å². The summed E-state index contributed by atoms with van der Waals surface area (Å²) in [5.41, 5.74) is 2.13. The van der Waals surface area contributed by atoms with Crippen LogP contribution in [0.25, 0.3) is 0 Å². The summed E-state index contributed by atoms with van der Waals surface area (Å²) in [7, 11) is 0. The number of aryl methyl sites for hydroxylation is 1. The van der Waals surface area contributed by atoms with E-state index in [-0.39, 0.29) is 0 Å². The van der Waals surface area contributed by atoms with E-state index in [1.54, 1.807) is 18.7 Å². The molecule has 3 heterocycles. The summed E-state index contributed by atoms with van der Waals surface area (Å²) in [5, 5.41) is 0. The zero-order valence-corrected chi connectivity index (χ0v) is 14.1. The van der Waals surface area contributed by atoms with Crippen LogP contribution in [-0.4, -0.2) is 39.6 Å². The zero-order valence-electron chi connectivity index (χ0n) is 14.1. The number of anilines is 1. The van der Waals surface area contributed by atoms with Gasteiger partial charge in [0, 0.05) is 37.5 Å². The summed E-state index contributed by atoms with van der Waals surface area (Å²) in [5.74, 6) is 2.94. The van der Waals surface area contributed by atoms with Crippen LogP contribution >= 0.6 is 0 Å². The second-order valence-corrected chi connectivity index (χ2v) is 6.76. The monoisotopic (exact) mass is 325 g/mol. The Labute approximate surface area is 142 Å². The lowest BCUT2D eigenvalue weighted by molar-refractivity contribution is 0.215. The molecule has 0 spiro atoms. The summed E-state index contributed by atoms with van der Waals surface area (Å²) in [6, 6.07) is 2.01. The molecule has 1 saturated heterocycles. The van der Waals surface area contributed by atoms with Crippen LogP contribution in [0.4, 0.5) is 5.82 Å². The topological polar surface area (TPSA) is 64.0 Å². The third-order valence-corrected chi connectivity index (χ3v) is 4.90. The molecule has 0 N–H and O–H groups in total. The van der Waals surface area contributed by atoms with Gasteiger partial charge in [0.1, 0.15) is 12.1 Å². The number of nitrogens with zero attached hydrogens (tertiary/aromatic N) is 5. The molecule has 2 aliphatic rings. The predicted octanol–water partition coefficient (Wildman–Crippen LogP) is 2.75. The average molecular weight is 325 g/mol. The van der Waals surface area contributed by atoms with Gasteiger partial charge in [-0.05, 0) is 38.5 Å². The number of rotatable bonds is 5. The molecule has 2 aromatic rings. The van der Waals surface area contributed by atoms with Crippen LogP contribution < -0.4 is 9.64 Å². The van der Waals surface area contributed by atoms with Gasteiger partial charge in [0.2, 0.25) is 5.88 Å². The summed E-state index contributed by atoms with van der Waals surface area (Å²) < 4.78 is 5.93. The van der Waals surface area contributed by atoms with Crippen molar-refractivity contribution in [2.75, 3.05) is 24.6 Å². The molecule has 126 valence electrons. The average Bonchev–Trinajstić information content (AvgIpc) is 3.46. The maximum absolute atomic E-state index is 5.93. The van der Waals surface area contributed by atoms with E-state index in [2.05, 4.69) is 24.8 Å². The number of piperidine rings is 1. The number of ether oxygens (including phenoxy) is 1. The first-order chi connectivity index (χ1) is 11.8. The van der Waals surface area contributed by atoms with E-state index >= 15 is 0 Å². The van der Waals surface area contributed by atoms with Gasteiger partial charge in [-0.2, -0.15) is 0 Å². The highest BCUT2D eigenvalue weighted by Gasteiger charge is 2.26. The minimum Gasteiger partial charge on any atom is -0.477 e. The van der Waals surface area contributed by atoms with E-state index in [1.165, 1.54) is 12.8 Å². The van der Waals surface area contributed by atoms with Crippen molar-refractivity contribution in [1.82, 2.24) is 19.9 Å². The van der Waals surface area contributed by atoms with Crippen molar-refractivity contribution in [1.29, 1.82) is 0 Å². The van der Waals surface area contributed by atoms with Gasteiger partial charge < -0.3 is 9.64 Å². The first-order valence-electron chi connectivity index (χ1n) is 8.77. The van der Waals surface area contributed by atoms with E-state index in [9.17, 15) is 0 Å². The maximum atomic E-state index is 5.93. The lowest BCUT2D eigenvalue weighted by Gasteiger charge is -2.33. The highest BCUT2D eigenvalue weighted by Crippen LogP contribution is 2.39. The zero-order chi connectivity index (χ0) is 16.4. The van der Waals surface area contributed by atoms with Gasteiger partial charge in [-0.3, -0.25) is 4.98 Å². The molecule has 24 heavy (non-hydrogen) atoms. The summed E-state index contributed by atoms with van der Waals surface area (Å²) in [6.45, 7) is 4.76. The Morgan fingerprint density at radius 1 is 1.04 bits per heavy atom. The number of hydrogen-bond donors (Lipinski definition) is 0. The highest BCUT2D eigenvalue weighted by molar-refractivity contribution is 5.42. The fourth-order valence-corrected chi connectivity index (χ4v) is 3.26. The van der Waals surface area contributed by atoms with E-state index in [4.69, 9.17) is 4.74 Å². The van der Waals surface area contributed by atoms with Crippen molar-refractivity contribution >= 4 is 5.82 Å². The molecular formula is C18H23N5O. The van der Waals surface area contributed by atoms with Gasteiger partial charge in [-0.1, -0.05) is 0 Å². The molecule has 0 radical (unpaired) electrons. The van der Waals surface area contributed by atoms with Crippen LogP contribution in [0.1, 0.15) is 43.0 Å². The predicted molar refractivity (Wildman–Crippen MR) is 91.2 cm³/mol. The lowest BCUT2D eigenvalue weighted by atomic mass is 9.98. The summed E-state index contributed by atoms with van der Waals surface area (Å²) in [6.07, 6.45) is 9.85. The molecule has 1 saturated carbocycles. The molecule has 0 aromatic carbocycles. The molecule has 0 unspecified atom stereocenters. The van der Waals surface area contributed by atoms with E-state index in [0.717, 1.165) is 55.6 Å². The molecule has 6 heteroatoms. The van der Waals surface area contributed by atoms with Crippen LogP contribution in [0.15, 0.2) is 24.8 Å². The van der Waals surface area contributed by atoms with Crippen molar-refractivity contribution in [2.45, 2.75) is 38.5 Å². The Morgan fingerprint density at radius 2 is 1.83 bits per heavy atom. The van der Waals surface area contributed by atoms with Gasteiger partial charge in [-0.15, -0.1) is 0 Å². The second-order valence-electron chi connectivity index (χ2n) is 6.76. The van der Waals surface area contributed by atoms with Crippen molar-refractivity contribution < 1.29 is 4.74 Å². The smallest absolute Gasteiger partial charge is 0.216 e. The summed E-state index contributed by atoms with van der Waals surface area (Å²) >= 11 is 0. The molecular weight excluding hydrogens is 302 g/mol. The maximum Gasteiger partial charge on any atom is 0.216 e. The minimum absolute atomic E-state index is 0.567. The quantitative estimate of drug-likeness (QED) is 0.842. The SMILES string of the molecule is Cc1nccnc1N1CCC(COc2cc(C3CC3)ncn2)CC1. The molecule has 1 aliphatic carbocycles. The minimum atomic E-state index is 0.567. The van der Waals surface area contributed by atoms with Crippen LogP contribution in [0.2, 0.25) is 0 Å². The van der Waals surface area contributed by atoms with Gasteiger partial charge in [-0.25, -0.2) is 15.0 Å². The Bertz CT molecular complexity index is 695. The molecule has 2 fully saturated rings. The fraction of sp³-hybridized carbons (Fsp3) is 0.556. The standard InChI is InChI=1S/C18H23N5O/c1-13-18(20-7-6-19-13)23-8-4-14(5-9-23)11-24-17-10-16(15-2-3-15)21-12-22-17/h6-7,10,12,14-15H,2-5,8-9,11H2,1H3. The highest BCUT2D eigenvalue weighted by atomic mass is 16.5. The molecule has 0 amide bonds. The Balaban J connectivity index is 1.29. The van der Waals surface area contributed by atoms with Crippen molar-refractivity contribution in [3.63, 3.8) is 0 Å². The molecule has 6 nitrogen and oxygen atoms in total. The van der Waals surface area contributed by atoms with Crippen LogP contribution in [0, 0.1) is 12.8 Å². The fourth-order valence-electron chi connectivity index (χ4n) is 3.26. The number of hydrogen-bond acceptors (Lipinski definition) is 6. The number of aromatic nitrogens is 4. The first kappa shape index (κ1) is 15.3. The van der Waals surface area contributed by atoms with Gasteiger partial charge >= 0.3 is 0 Å². The largest absolute Gasteiger partial charge is 0.477 e. The van der Waals surface area contributed by atoms with Gasteiger partial charge in [0.15, 0.2) is 0 Å². The molecule has 4 rings (SSSR count). The Morgan fingerprint density at radius 3 is 2.58 bits per heavy atom. The van der Waals surface area contributed by atoms with E-state index in [1.807, 2.05) is 13.0 Å². The third-order valence-electron chi connectivity index (χ3n) is 4.90. The van der Waals surface area contributed by atoms with Crippen LogP contribution in [0.3, 0.4) is 0 Å². The molecule has 0 bridgehead atoms. The summed E-state index contributed by atoms with van der Waals surface area (Å²) in [4.78, 5) is 19.7. The molecule has 1 aliphatic heterocycles. The Hall–Kier alpha value is -2.24. The van der Waals surface area contributed by atoms with Crippen molar-refractivity contribution in [2.24, 2.45) is 5.92 Å². The Kier molecular flexibility index (Phi) is 4.28. The van der Waals surface area contributed by atoms with Crippen LogP contribution in [-0.2, 0) is 0 Å².